The maximum atomic E-state index is 12.8. The molecule has 0 spiro atoms. The summed E-state index contributed by atoms with van der Waals surface area (Å²) in [5, 5.41) is 0. The molecule has 0 rings (SSSR count). The predicted molar refractivity (Wildman–Crippen MR) is 252 cm³/mol. The Kier molecular flexibility index (Phi) is 46.8. The molecule has 0 amide bonds. The molecular formula is C53H98O6. The highest BCUT2D eigenvalue weighted by molar-refractivity contribution is 5.71. The van der Waals surface area contributed by atoms with Crippen molar-refractivity contribution in [2.24, 2.45) is 0 Å². The Bertz CT molecular complexity index is 958. The molecule has 59 heavy (non-hydrogen) atoms. The highest BCUT2D eigenvalue weighted by atomic mass is 16.6. The molecule has 6 heteroatoms. The number of esters is 3. The zero-order valence-corrected chi connectivity index (χ0v) is 39.5. The molecule has 0 aliphatic rings. The number of hydrogen-bond acceptors (Lipinski definition) is 6. The summed E-state index contributed by atoms with van der Waals surface area (Å²) in [7, 11) is 0. The fraction of sp³-hybridized carbons (Fsp3) is 0.868. The maximum Gasteiger partial charge on any atom is 0.306 e. The van der Waals surface area contributed by atoms with Crippen LogP contribution in [0, 0.1) is 0 Å². The summed E-state index contributed by atoms with van der Waals surface area (Å²) in [6.07, 6.45) is 54.4. The van der Waals surface area contributed by atoms with Gasteiger partial charge >= 0.3 is 17.9 Å². The van der Waals surface area contributed by atoms with Gasteiger partial charge in [0.2, 0.25) is 0 Å². The number of rotatable bonds is 47. The Morgan fingerprint density at radius 1 is 0.322 bits per heavy atom. The average Bonchev–Trinajstić information content (AvgIpc) is 3.23. The van der Waals surface area contributed by atoms with Gasteiger partial charge in [-0.1, -0.05) is 212 Å². The van der Waals surface area contributed by atoms with E-state index in [2.05, 4.69) is 45.1 Å². The van der Waals surface area contributed by atoms with Crippen LogP contribution in [-0.2, 0) is 28.6 Å². The predicted octanol–water partition coefficient (Wildman–Crippen LogP) is 16.8. The van der Waals surface area contributed by atoms with Crippen molar-refractivity contribution in [2.75, 3.05) is 13.2 Å². The third-order valence-corrected chi connectivity index (χ3v) is 11.4. The van der Waals surface area contributed by atoms with Crippen molar-refractivity contribution >= 4 is 17.9 Å². The molecule has 0 N–H and O–H groups in total. The minimum absolute atomic E-state index is 0.0747. The Morgan fingerprint density at radius 2 is 0.559 bits per heavy atom. The zero-order valence-electron chi connectivity index (χ0n) is 39.5. The molecular weight excluding hydrogens is 733 g/mol. The van der Waals surface area contributed by atoms with Crippen molar-refractivity contribution < 1.29 is 28.6 Å². The van der Waals surface area contributed by atoms with Crippen LogP contribution in [0.4, 0.5) is 0 Å². The van der Waals surface area contributed by atoms with E-state index in [4.69, 9.17) is 14.2 Å². The van der Waals surface area contributed by atoms with Gasteiger partial charge in [0, 0.05) is 19.3 Å². The molecule has 0 fully saturated rings. The second kappa shape index (κ2) is 48.6. The number of ether oxygens (including phenoxy) is 3. The van der Waals surface area contributed by atoms with Gasteiger partial charge in [0.05, 0.1) is 0 Å². The van der Waals surface area contributed by atoms with E-state index >= 15 is 0 Å². The zero-order chi connectivity index (χ0) is 43.0. The van der Waals surface area contributed by atoms with E-state index in [9.17, 15) is 14.4 Å². The van der Waals surface area contributed by atoms with E-state index in [0.717, 1.165) is 70.6 Å². The molecule has 0 aromatic rings. The normalized spacial score (nSPS) is 12.1. The molecule has 346 valence electrons. The van der Waals surface area contributed by atoms with Crippen molar-refractivity contribution in [1.82, 2.24) is 0 Å². The van der Waals surface area contributed by atoms with Crippen LogP contribution < -0.4 is 0 Å². The molecule has 0 aliphatic carbocycles. The van der Waals surface area contributed by atoms with E-state index in [1.807, 2.05) is 0 Å². The number of allylic oxidation sites excluding steroid dienone is 4. The van der Waals surface area contributed by atoms with Gasteiger partial charge in [-0.25, -0.2) is 0 Å². The maximum absolute atomic E-state index is 12.8. The summed E-state index contributed by atoms with van der Waals surface area (Å²) in [4.78, 5) is 37.9. The standard InChI is InChI=1S/C53H98O6/c1-4-7-10-13-16-19-22-25-27-29-31-34-37-40-43-46-52(55)58-49-50(48-57-51(54)45-42-39-36-33-30-24-21-18-15-12-9-6-3)59-53(56)47-44-41-38-35-32-28-26-23-20-17-14-11-8-5-2/h18,21,25,27,50H,4-17,19-20,22-24,26,28-49H2,1-3H3/b21-18-,27-25-/t50-/m1/s1. The van der Waals surface area contributed by atoms with Crippen LogP contribution in [0.1, 0.15) is 278 Å². The van der Waals surface area contributed by atoms with Gasteiger partial charge in [-0.3, -0.25) is 14.4 Å². The van der Waals surface area contributed by atoms with Gasteiger partial charge in [-0.05, 0) is 70.6 Å². The lowest BCUT2D eigenvalue weighted by Gasteiger charge is -2.18. The molecule has 0 radical (unpaired) electrons. The second-order valence-electron chi connectivity index (χ2n) is 17.4. The minimum Gasteiger partial charge on any atom is -0.462 e. The van der Waals surface area contributed by atoms with Gasteiger partial charge < -0.3 is 14.2 Å². The first-order valence-electron chi connectivity index (χ1n) is 25.8. The Morgan fingerprint density at radius 3 is 0.881 bits per heavy atom. The lowest BCUT2D eigenvalue weighted by Crippen LogP contribution is -2.30. The fourth-order valence-electron chi connectivity index (χ4n) is 7.49. The SMILES string of the molecule is CCCCC/C=C\CCCCCCCC(=O)OC[C@H](COC(=O)CCCCCCC/C=C\CCCCCCCC)OC(=O)CCCCCCCCCCCCCCCC. The first kappa shape index (κ1) is 56.9. The van der Waals surface area contributed by atoms with E-state index < -0.39 is 6.10 Å². The summed E-state index contributed by atoms with van der Waals surface area (Å²) in [6.45, 7) is 6.62. The third kappa shape index (κ3) is 46.8. The van der Waals surface area contributed by atoms with Crippen molar-refractivity contribution in [3.05, 3.63) is 24.3 Å². The summed E-state index contributed by atoms with van der Waals surface area (Å²) >= 11 is 0. The van der Waals surface area contributed by atoms with E-state index in [1.54, 1.807) is 0 Å². The van der Waals surface area contributed by atoms with Crippen LogP contribution in [-0.4, -0.2) is 37.2 Å². The van der Waals surface area contributed by atoms with Crippen molar-refractivity contribution in [2.45, 2.75) is 284 Å². The minimum atomic E-state index is -0.772. The molecule has 0 saturated heterocycles. The van der Waals surface area contributed by atoms with Gasteiger partial charge in [-0.15, -0.1) is 0 Å². The highest BCUT2D eigenvalue weighted by Crippen LogP contribution is 2.15. The monoisotopic (exact) mass is 831 g/mol. The summed E-state index contributed by atoms with van der Waals surface area (Å²) in [5.41, 5.74) is 0. The first-order chi connectivity index (χ1) is 29.0. The van der Waals surface area contributed by atoms with Crippen LogP contribution in [0.15, 0.2) is 24.3 Å². The molecule has 0 aromatic carbocycles. The highest BCUT2D eigenvalue weighted by Gasteiger charge is 2.19. The molecule has 1 atom stereocenters. The topological polar surface area (TPSA) is 78.9 Å². The average molecular weight is 831 g/mol. The lowest BCUT2D eigenvalue weighted by atomic mass is 10.0. The van der Waals surface area contributed by atoms with Gasteiger partial charge in [0.25, 0.3) is 0 Å². The van der Waals surface area contributed by atoms with Gasteiger partial charge in [0.1, 0.15) is 13.2 Å². The number of carbonyl (C=O) groups excluding carboxylic acids is 3. The van der Waals surface area contributed by atoms with Gasteiger partial charge in [-0.2, -0.15) is 0 Å². The van der Waals surface area contributed by atoms with Gasteiger partial charge in [0.15, 0.2) is 6.10 Å². The summed E-state index contributed by atoms with van der Waals surface area (Å²) < 4.78 is 16.8. The van der Waals surface area contributed by atoms with Crippen LogP contribution in [0.3, 0.4) is 0 Å². The molecule has 0 heterocycles. The quantitative estimate of drug-likeness (QED) is 0.0263. The summed E-state index contributed by atoms with van der Waals surface area (Å²) in [5.74, 6) is -0.879. The lowest BCUT2D eigenvalue weighted by molar-refractivity contribution is -0.167. The Balaban J connectivity index is 4.36. The van der Waals surface area contributed by atoms with Crippen LogP contribution in [0.2, 0.25) is 0 Å². The van der Waals surface area contributed by atoms with Crippen molar-refractivity contribution in [1.29, 1.82) is 0 Å². The number of hydrogen-bond donors (Lipinski definition) is 0. The van der Waals surface area contributed by atoms with E-state index in [1.165, 1.54) is 167 Å². The smallest absolute Gasteiger partial charge is 0.306 e. The second-order valence-corrected chi connectivity index (χ2v) is 17.4. The Hall–Kier alpha value is -2.11. The summed E-state index contributed by atoms with van der Waals surface area (Å²) in [6, 6.07) is 0. The fourth-order valence-corrected chi connectivity index (χ4v) is 7.49. The van der Waals surface area contributed by atoms with Crippen molar-refractivity contribution in [3.63, 3.8) is 0 Å². The number of carbonyl (C=O) groups is 3. The molecule has 0 saturated carbocycles. The molecule has 6 nitrogen and oxygen atoms in total. The number of unbranched alkanes of at least 4 members (excludes halogenated alkanes) is 32. The largest absolute Gasteiger partial charge is 0.462 e. The molecule has 0 aliphatic heterocycles. The van der Waals surface area contributed by atoms with Crippen LogP contribution >= 0.6 is 0 Å². The van der Waals surface area contributed by atoms with E-state index in [-0.39, 0.29) is 31.1 Å². The van der Waals surface area contributed by atoms with Crippen LogP contribution in [0.25, 0.3) is 0 Å². The molecule has 0 unspecified atom stereocenters. The van der Waals surface area contributed by atoms with Crippen LogP contribution in [0.5, 0.6) is 0 Å². The van der Waals surface area contributed by atoms with Crippen molar-refractivity contribution in [3.8, 4) is 0 Å². The molecule has 0 aromatic heterocycles. The molecule has 0 bridgehead atoms. The van der Waals surface area contributed by atoms with E-state index in [0.29, 0.717) is 19.3 Å². The first-order valence-corrected chi connectivity index (χ1v) is 25.8. The third-order valence-electron chi connectivity index (χ3n) is 11.4. The Labute approximate surface area is 366 Å².